The van der Waals surface area contributed by atoms with E-state index in [0.29, 0.717) is 0 Å². The lowest BCUT2D eigenvalue weighted by Gasteiger charge is -2.15. The molecule has 0 unspecified atom stereocenters. The molecule has 1 amide bonds. The highest BCUT2D eigenvalue weighted by molar-refractivity contribution is 7.89. The maximum absolute atomic E-state index is 12.2. The molecule has 0 heterocycles. The predicted molar refractivity (Wildman–Crippen MR) is 85.0 cm³/mol. The Morgan fingerprint density at radius 1 is 1.04 bits per heavy atom. The molecule has 7 nitrogen and oxygen atoms in total. The standard InChI is InChI=1S/C15H17N3O4S/c16-10-14(15(19)17-20)18-23(21,22)13-8-6-12(7-9-13)11-4-2-1-3-5-11/h1-9,14,18,20H,10,16H2,(H,17,19)/t14-/m0/s1. The van der Waals surface area contributed by atoms with Crippen molar-refractivity contribution in [2.75, 3.05) is 6.54 Å². The van der Waals surface area contributed by atoms with Crippen LogP contribution in [-0.2, 0) is 14.8 Å². The van der Waals surface area contributed by atoms with Gasteiger partial charge in [-0.1, -0.05) is 42.5 Å². The van der Waals surface area contributed by atoms with Gasteiger partial charge in [-0.2, -0.15) is 4.72 Å². The topological polar surface area (TPSA) is 122 Å². The molecule has 8 heteroatoms. The number of carbonyl (C=O) groups excluding carboxylic acids is 1. The molecule has 23 heavy (non-hydrogen) atoms. The van der Waals surface area contributed by atoms with E-state index in [0.717, 1.165) is 11.1 Å². The van der Waals surface area contributed by atoms with Gasteiger partial charge in [0.2, 0.25) is 10.0 Å². The Balaban J connectivity index is 2.22. The van der Waals surface area contributed by atoms with Crippen molar-refractivity contribution < 1.29 is 18.4 Å². The van der Waals surface area contributed by atoms with Crippen LogP contribution in [0.5, 0.6) is 0 Å². The SMILES string of the molecule is NC[C@H](NS(=O)(=O)c1ccc(-c2ccccc2)cc1)C(=O)NO. The van der Waals surface area contributed by atoms with Gasteiger partial charge < -0.3 is 5.73 Å². The maximum atomic E-state index is 12.2. The van der Waals surface area contributed by atoms with Crippen molar-refractivity contribution in [3.05, 3.63) is 54.6 Å². The number of hydroxylamine groups is 1. The monoisotopic (exact) mass is 335 g/mol. The summed E-state index contributed by atoms with van der Waals surface area (Å²) in [5, 5.41) is 8.58. The van der Waals surface area contributed by atoms with E-state index in [1.807, 2.05) is 30.3 Å². The molecule has 0 aliphatic carbocycles. The highest BCUT2D eigenvalue weighted by atomic mass is 32.2. The Bertz CT molecular complexity index is 761. The molecular formula is C15H17N3O4S. The number of nitrogens with two attached hydrogens (primary N) is 1. The van der Waals surface area contributed by atoms with Crippen molar-refractivity contribution in [1.82, 2.24) is 10.2 Å². The molecule has 2 aromatic carbocycles. The largest absolute Gasteiger partial charge is 0.328 e. The fourth-order valence-corrected chi connectivity index (χ4v) is 3.21. The Kier molecular flexibility index (Phi) is 5.45. The second kappa shape index (κ2) is 7.34. The molecule has 2 rings (SSSR count). The third-order valence-corrected chi connectivity index (χ3v) is 4.72. The van der Waals surface area contributed by atoms with Gasteiger partial charge in [-0.25, -0.2) is 13.9 Å². The number of carbonyl (C=O) groups is 1. The minimum Gasteiger partial charge on any atom is -0.328 e. The number of rotatable bonds is 6. The first kappa shape index (κ1) is 17.1. The van der Waals surface area contributed by atoms with Gasteiger partial charge in [0.15, 0.2) is 0 Å². The lowest BCUT2D eigenvalue weighted by molar-refractivity contribution is -0.130. The van der Waals surface area contributed by atoms with E-state index in [1.165, 1.54) is 17.6 Å². The molecule has 5 N–H and O–H groups in total. The van der Waals surface area contributed by atoms with Gasteiger partial charge in [0.05, 0.1) is 4.90 Å². The summed E-state index contributed by atoms with van der Waals surface area (Å²) in [6.45, 7) is -0.284. The van der Waals surface area contributed by atoms with Crippen molar-refractivity contribution in [2.24, 2.45) is 5.73 Å². The highest BCUT2D eigenvalue weighted by Gasteiger charge is 2.24. The third-order valence-electron chi connectivity index (χ3n) is 3.23. The van der Waals surface area contributed by atoms with Crippen LogP contribution in [0.4, 0.5) is 0 Å². The minimum absolute atomic E-state index is 0.00127. The number of amides is 1. The molecule has 0 saturated heterocycles. The van der Waals surface area contributed by atoms with Crippen molar-refractivity contribution in [1.29, 1.82) is 0 Å². The summed E-state index contributed by atoms with van der Waals surface area (Å²) in [5.41, 5.74) is 8.54. The van der Waals surface area contributed by atoms with Crippen LogP contribution in [0.25, 0.3) is 11.1 Å². The molecule has 0 aliphatic heterocycles. The minimum atomic E-state index is -3.93. The zero-order valence-corrected chi connectivity index (χ0v) is 13.0. The van der Waals surface area contributed by atoms with Gasteiger partial charge in [-0.15, -0.1) is 0 Å². The molecule has 0 saturated carbocycles. The van der Waals surface area contributed by atoms with Crippen molar-refractivity contribution >= 4 is 15.9 Å². The van der Waals surface area contributed by atoms with Gasteiger partial charge in [-0.3, -0.25) is 10.0 Å². The quantitative estimate of drug-likeness (QED) is 0.451. The van der Waals surface area contributed by atoms with Crippen LogP contribution in [0.1, 0.15) is 0 Å². The Hall–Kier alpha value is -2.26. The first-order valence-electron chi connectivity index (χ1n) is 6.80. The zero-order valence-electron chi connectivity index (χ0n) is 12.1. The number of hydrogen-bond donors (Lipinski definition) is 4. The Labute approximate surface area is 134 Å². The molecule has 0 aromatic heterocycles. The van der Waals surface area contributed by atoms with Crippen LogP contribution in [-0.4, -0.2) is 32.1 Å². The van der Waals surface area contributed by atoms with Crippen molar-refractivity contribution in [3.8, 4) is 11.1 Å². The zero-order chi connectivity index (χ0) is 16.9. The molecule has 122 valence electrons. The van der Waals surface area contributed by atoms with Crippen molar-refractivity contribution in [2.45, 2.75) is 10.9 Å². The number of nitrogens with one attached hydrogen (secondary N) is 2. The highest BCUT2D eigenvalue weighted by Crippen LogP contribution is 2.21. The average molecular weight is 335 g/mol. The van der Waals surface area contributed by atoms with Crippen LogP contribution in [0.2, 0.25) is 0 Å². The molecule has 0 aliphatic rings. The van der Waals surface area contributed by atoms with E-state index in [9.17, 15) is 13.2 Å². The van der Waals surface area contributed by atoms with Crippen LogP contribution in [0.3, 0.4) is 0 Å². The Morgan fingerprint density at radius 3 is 2.13 bits per heavy atom. The molecule has 1 atom stereocenters. The van der Waals surface area contributed by atoms with Crippen LogP contribution in [0.15, 0.2) is 59.5 Å². The summed E-state index contributed by atoms with van der Waals surface area (Å²) in [5.74, 6) is -0.919. The summed E-state index contributed by atoms with van der Waals surface area (Å²) in [6.07, 6.45) is 0. The lowest BCUT2D eigenvalue weighted by atomic mass is 10.1. The van der Waals surface area contributed by atoms with Gasteiger partial charge in [0.1, 0.15) is 6.04 Å². The van der Waals surface area contributed by atoms with Crippen LogP contribution in [0, 0.1) is 0 Å². The average Bonchev–Trinajstić information content (AvgIpc) is 2.60. The van der Waals surface area contributed by atoms with Crippen LogP contribution >= 0.6 is 0 Å². The molecule has 0 spiro atoms. The van der Waals surface area contributed by atoms with E-state index in [2.05, 4.69) is 4.72 Å². The number of benzene rings is 2. The molecule has 0 fully saturated rings. The van der Waals surface area contributed by atoms with E-state index >= 15 is 0 Å². The summed E-state index contributed by atoms with van der Waals surface area (Å²) < 4.78 is 26.6. The fourth-order valence-electron chi connectivity index (χ4n) is 2.00. The van der Waals surface area contributed by atoms with Gasteiger partial charge in [0.25, 0.3) is 5.91 Å². The van der Waals surface area contributed by atoms with Gasteiger partial charge in [-0.05, 0) is 23.3 Å². The fraction of sp³-hybridized carbons (Fsp3) is 0.133. The molecular weight excluding hydrogens is 318 g/mol. The van der Waals surface area contributed by atoms with E-state index in [1.54, 1.807) is 12.1 Å². The van der Waals surface area contributed by atoms with E-state index in [4.69, 9.17) is 10.9 Å². The van der Waals surface area contributed by atoms with E-state index in [-0.39, 0.29) is 11.4 Å². The van der Waals surface area contributed by atoms with Gasteiger partial charge >= 0.3 is 0 Å². The number of hydrogen-bond acceptors (Lipinski definition) is 5. The second-order valence-corrected chi connectivity index (χ2v) is 6.49. The molecule has 0 radical (unpaired) electrons. The lowest BCUT2D eigenvalue weighted by Crippen LogP contribution is -2.49. The van der Waals surface area contributed by atoms with Crippen LogP contribution < -0.4 is 15.9 Å². The third kappa shape index (κ3) is 4.14. The predicted octanol–water partition coefficient (Wildman–Crippen LogP) is 0.465. The van der Waals surface area contributed by atoms with Crippen molar-refractivity contribution in [3.63, 3.8) is 0 Å². The second-order valence-electron chi connectivity index (χ2n) is 4.78. The van der Waals surface area contributed by atoms with E-state index < -0.39 is 22.0 Å². The summed E-state index contributed by atoms with van der Waals surface area (Å²) >= 11 is 0. The van der Waals surface area contributed by atoms with Gasteiger partial charge in [0, 0.05) is 6.54 Å². The molecule has 2 aromatic rings. The normalized spacial score (nSPS) is 12.6. The number of sulfonamides is 1. The Morgan fingerprint density at radius 2 is 1.61 bits per heavy atom. The first-order chi connectivity index (χ1) is 11.0. The maximum Gasteiger partial charge on any atom is 0.262 e. The smallest absolute Gasteiger partial charge is 0.262 e. The summed E-state index contributed by atoms with van der Waals surface area (Å²) in [6, 6.07) is 14.5. The summed E-state index contributed by atoms with van der Waals surface area (Å²) in [7, 11) is -3.93. The molecule has 0 bridgehead atoms. The first-order valence-corrected chi connectivity index (χ1v) is 8.28. The summed E-state index contributed by atoms with van der Waals surface area (Å²) in [4.78, 5) is 11.3.